The first kappa shape index (κ1) is 21.8. The third-order valence-electron chi connectivity index (χ3n) is 4.58. The highest BCUT2D eigenvalue weighted by Crippen LogP contribution is 2.25. The fourth-order valence-electron chi connectivity index (χ4n) is 3.22. The van der Waals surface area contributed by atoms with Gasteiger partial charge in [0.05, 0.1) is 12.6 Å². The summed E-state index contributed by atoms with van der Waals surface area (Å²) < 4.78 is 11.4. The van der Waals surface area contributed by atoms with Crippen molar-refractivity contribution in [2.24, 2.45) is 0 Å². The molecule has 2 rings (SSSR count). The first-order valence-electron chi connectivity index (χ1n) is 9.82. The van der Waals surface area contributed by atoms with Gasteiger partial charge < -0.3 is 14.8 Å². The van der Waals surface area contributed by atoms with Crippen LogP contribution in [0.1, 0.15) is 61.1 Å². The summed E-state index contributed by atoms with van der Waals surface area (Å²) in [6.07, 6.45) is 0.237. The standard InChI is InChI=1S/C24H33NO3/c1-16-13-17(2)15-20(14-16)27-12-11-22(25-23(26)28-24(5,6)7)21-10-8-9-18(3)19(21)4/h8-10,13-15,22H,11-12H2,1-7H3,(H,25,26). The molecule has 28 heavy (non-hydrogen) atoms. The highest BCUT2D eigenvalue weighted by molar-refractivity contribution is 5.68. The lowest BCUT2D eigenvalue weighted by molar-refractivity contribution is 0.0497. The molecule has 0 aliphatic heterocycles. The molecule has 0 aliphatic rings. The molecule has 0 aromatic heterocycles. The molecule has 4 heteroatoms. The van der Waals surface area contributed by atoms with Crippen molar-refractivity contribution in [3.05, 3.63) is 64.2 Å². The van der Waals surface area contributed by atoms with E-state index in [4.69, 9.17) is 9.47 Å². The quantitative estimate of drug-likeness (QED) is 0.670. The number of hydrogen-bond acceptors (Lipinski definition) is 3. The number of aryl methyl sites for hydroxylation is 3. The van der Waals surface area contributed by atoms with Crippen LogP contribution in [0, 0.1) is 27.7 Å². The number of rotatable bonds is 6. The van der Waals surface area contributed by atoms with Gasteiger partial charge in [-0.15, -0.1) is 0 Å². The Labute approximate surface area is 169 Å². The van der Waals surface area contributed by atoms with E-state index in [1.165, 1.54) is 22.3 Å². The van der Waals surface area contributed by atoms with E-state index in [0.717, 1.165) is 11.3 Å². The predicted molar refractivity (Wildman–Crippen MR) is 114 cm³/mol. The lowest BCUT2D eigenvalue weighted by Gasteiger charge is -2.25. The van der Waals surface area contributed by atoms with Gasteiger partial charge in [-0.2, -0.15) is 0 Å². The molecular weight excluding hydrogens is 350 g/mol. The van der Waals surface area contributed by atoms with Crippen LogP contribution < -0.4 is 10.1 Å². The van der Waals surface area contributed by atoms with Crippen LogP contribution in [0.15, 0.2) is 36.4 Å². The average Bonchev–Trinajstić information content (AvgIpc) is 2.54. The van der Waals surface area contributed by atoms with Gasteiger partial charge in [-0.1, -0.05) is 24.3 Å². The Kier molecular flexibility index (Phi) is 7.11. The summed E-state index contributed by atoms with van der Waals surface area (Å²) in [6.45, 7) is 14.4. The van der Waals surface area contributed by atoms with Gasteiger partial charge in [-0.05, 0) is 88.4 Å². The van der Waals surface area contributed by atoms with E-state index in [-0.39, 0.29) is 6.04 Å². The molecule has 4 nitrogen and oxygen atoms in total. The van der Waals surface area contributed by atoms with E-state index in [0.29, 0.717) is 13.0 Å². The fourth-order valence-corrected chi connectivity index (χ4v) is 3.22. The topological polar surface area (TPSA) is 47.6 Å². The van der Waals surface area contributed by atoms with Crippen LogP contribution in [0.5, 0.6) is 5.75 Å². The highest BCUT2D eigenvalue weighted by atomic mass is 16.6. The SMILES string of the molecule is Cc1cc(C)cc(OCCC(NC(=O)OC(C)(C)C)c2cccc(C)c2C)c1. The van der Waals surface area contributed by atoms with Crippen molar-refractivity contribution in [1.82, 2.24) is 5.32 Å². The number of hydrogen-bond donors (Lipinski definition) is 1. The maximum Gasteiger partial charge on any atom is 0.408 e. The van der Waals surface area contributed by atoms with Crippen LogP contribution in [-0.4, -0.2) is 18.3 Å². The minimum Gasteiger partial charge on any atom is -0.493 e. The molecule has 0 heterocycles. The Morgan fingerprint density at radius 2 is 1.68 bits per heavy atom. The van der Waals surface area contributed by atoms with E-state index in [1.54, 1.807) is 0 Å². The van der Waals surface area contributed by atoms with Gasteiger partial charge in [0.1, 0.15) is 11.4 Å². The van der Waals surface area contributed by atoms with E-state index < -0.39 is 11.7 Å². The predicted octanol–water partition coefficient (Wildman–Crippen LogP) is 5.96. The van der Waals surface area contributed by atoms with Crippen LogP contribution >= 0.6 is 0 Å². The summed E-state index contributed by atoms with van der Waals surface area (Å²) in [5, 5.41) is 3.03. The number of ether oxygens (including phenoxy) is 2. The molecule has 0 spiro atoms. The molecule has 0 bridgehead atoms. The highest BCUT2D eigenvalue weighted by Gasteiger charge is 2.22. The summed E-state index contributed by atoms with van der Waals surface area (Å²) in [7, 11) is 0. The second-order valence-corrected chi connectivity index (χ2v) is 8.45. The molecule has 0 fully saturated rings. The average molecular weight is 384 g/mol. The molecule has 1 N–H and O–H groups in total. The maximum absolute atomic E-state index is 12.4. The number of carbonyl (C=O) groups is 1. The Hall–Kier alpha value is -2.49. The number of amides is 1. The zero-order chi connectivity index (χ0) is 20.9. The third kappa shape index (κ3) is 6.59. The van der Waals surface area contributed by atoms with Crippen LogP contribution in [0.25, 0.3) is 0 Å². The molecule has 2 aromatic rings. The van der Waals surface area contributed by atoms with Crippen molar-refractivity contribution in [2.75, 3.05) is 6.61 Å². The molecule has 0 saturated carbocycles. The van der Waals surface area contributed by atoms with Gasteiger partial charge in [0.15, 0.2) is 0 Å². The fraction of sp³-hybridized carbons (Fsp3) is 0.458. The Bertz CT molecular complexity index is 801. The molecule has 0 saturated heterocycles. The number of alkyl carbamates (subject to hydrolysis) is 1. The van der Waals surface area contributed by atoms with Crippen molar-refractivity contribution in [2.45, 2.75) is 66.5 Å². The molecule has 0 radical (unpaired) electrons. The van der Waals surface area contributed by atoms with Crippen molar-refractivity contribution in [3.63, 3.8) is 0 Å². The number of nitrogens with one attached hydrogen (secondary N) is 1. The Balaban J connectivity index is 2.13. The monoisotopic (exact) mass is 383 g/mol. The molecule has 0 aliphatic carbocycles. The van der Waals surface area contributed by atoms with Crippen LogP contribution in [0.2, 0.25) is 0 Å². The molecule has 2 aromatic carbocycles. The maximum atomic E-state index is 12.4. The summed E-state index contributed by atoms with van der Waals surface area (Å²) in [6, 6.07) is 12.2. The molecule has 1 atom stereocenters. The van der Waals surface area contributed by atoms with Crippen molar-refractivity contribution in [1.29, 1.82) is 0 Å². The first-order valence-corrected chi connectivity index (χ1v) is 9.82. The minimum absolute atomic E-state index is 0.180. The summed E-state index contributed by atoms with van der Waals surface area (Å²) in [5.41, 5.74) is 5.28. The zero-order valence-electron chi connectivity index (χ0n) is 18.2. The van der Waals surface area contributed by atoms with Crippen LogP contribution in [0.3, 0.4) is 0 Å². The van der Waals surface area contributed by atoms with Gasteiger partial charge in [-0.25, -0.2) is 4.79 Å². The van der Waals surface area contributed by atoms with Crippen LogP contribution in [0.4, 0.5) is 4.79 Å². The molecule has 1 unspecified atom stereocenters. The smallest absolute Gasteiger partial charge is 0.408 e. The summed E-state index contributed by atoms with van der Waals surface area (Å²) in [4.78, 5) is 12.4. The largest absolute Gasteiger partial charge is 0.493 e. The first-order chi connectivity index (χ1) is 13.0. The van der Waals surface area contributed by atoms with Gasteiger partial charge >= 0.3 is 6.09 Å². The molecule has 1 amide bonds. The second-order valence-electron chi connectivity index (χ2n) is 8.45. The van der Waals surface area contributed by atoms with Gasteiger partial charge in [0.2, 0.25) is 0 Å². The van der Waals surface area contributed by atoms with E-state index >= 15 is 0 Å². The molecular formula is C24H33NO3. The lowest BCUT2D eigenvalue weighted by Crippen LogP contribution is -2.35. The normalized spacial score (nSPS) is 12.4. The Morgan fingerprint density at radius 3 is 2.29 bits per heavy atom. The lowest BCUT2D eigenvalue weighted by atomic mass is 9.96. The van der Waals surface area contributed by atoms with Crippen molar-refractivity contribution in [3.8, 4) is 5.75 Å². The second kappa shape index (κ2) is 9.13. The van der Waals surface area contributed by atoms with Gasteiger partial charge in [0, 0.05) is 6.42 Å². The molecule has 152 valence electrons. The van der Waals surface area contributed by atoms with Crippen molar-refractivity contribution < 1.29 is 14.3 Å². The van der Waals surface area contributed by atoms with E-state index in [9.17, 15) is 4.79 Å². The zero-order valence-corrected chi connectivity index (χ0v) is 18.2. The summed E-state index contributed by atoms with van der Waals surface area (Å²) >= 11 is 0. The van der Waals surface area contributed by atoms with Crippen molar-refractivity contribution >= 4 is 6.09 Å². The number of benzene rings is 2. The minimum atomic E-state index is -0.536. The summed E-state index contributed by atoms with van der Waals surface area (Å²) in [5.74, 6) is 0.856. The van der Waals surface area contributed by atoms with Crippen LogP contribution in [-0.2, 0) is 4.74 Å². The van der Waals surface area contributed by atoms with Gasteiger partial charge in [-0.3, -0.25) is 0 Å². The Morgan fingerprint density at radius 1 is 1.04 bits per heavy atom. The van der Waals surface area contributed by atoms with E-state index in [1.807, 2.05) is 39.0 Å². The van der Waals surface area contributed by atoms with Gasteiger partial charge in [0.25, 0.3) is 0 Å². The van der Waals surface area contributed by atoms with E-state index in [2.05, 4.69) is 51.2 Å². The number of carbonyl (C=O) groups excluding carboxylic acids is 1. The third-order valence-corrected chi connectivity index (χ3v) is 4.58.